The quantitative estimate of drug-likeness (QED) is 0.908. The highest BCUT2D eigenvalue weighted by molar-refractivity contribution is 5.58. The first-order valence-corrected chi connectivity index (χ1v) is 6.65. The van der Waals surface area contributed by atoms with Crippen LogP contribution in [0, 0.1) is 0 Å². The molecule has 1 aromatic heterocycles. The average Bonchev–Trinajstić information content (AvgIpc) is 3.04. The molecule has 100 valence electrons. The van der Waals surface area contributed by atoms with Crippen molar-refractivity contribution in [3.05, 3.63) is 35.2 Å². The first-order chi connectivity index (χ1) is 9.33. The summed E-state index contributed by atoms with van der Waals surface area (Å²) in [6, 6.07) is 6.35. The maximum Gasteiger partial charge on any atom is 0.164 e. The van der Waals surface area contributed by atoms with Crippen LogP contribution in [-0.4, -0.2) is 14.8 Å². The van der Waals surface area contributed by atoms with Crippen LogP contribution >= 0.6 is 0 Å². The highest BCUT2D eigenvalue weighted by atomic mass is 16.5. The zero-order valence-electron chi connectivity index (χ0n) is 11.1. The van der Waals surface area contributed by atoms with Gasteiger partial charge in [0.05, 0.1) is 19.8 Å². The minimum absolute atomic E-state index is 0.418. The van der Waals surface area contributed by atoms with Crippen LogP contribution in [0.1, 0.15) is 30.3 Å². The molecule has 0 unspecified atom stereocenters. The Morgan fingerprint density at radius 3 is 2.89 bits per heavy atom. The van der Waals surface area contributed by atoms with Gasteiger partial charge in [-0.15, -0.1) is 10.2 Å². The van der Waals surface area contributed by atoms with E-state index < -0.39 is 0 Å². The largest absolute Gasteiger partial charge is 0.372 e. The van der Waals surface area contributed by atoms with Crippen LogP contribution in [-0.2, 0) is 31.0 Å². The Labute approximate surface area is 112 Å². The van der Waals surface area contributed by atoms with E-state index >= 15 is 0 Å². The van der Waals surface area contributed by atoms with Crippen molar-refractivity contribution < 1.29 is 4.74 Å². The van der Waals surface area contributed by atoms with Gasteiger partial charge in [0.1, 0.15) is 5.82 Å². The Morgan fingerprint density at radius 2 is 2.11 bits per heavy atom. The second-order valence-corrected chi connectivity index (χ2v) is 4.77. The Morgan fingerprint density at radius 1 is 1.26 bits per heavy atom. The summed E-state index contributed by atoms with van der Waals surface area (Å²) in [6.45, 7) is 4.85. The molecular weight excluding hydrogens is 240 g/mol. The lowest BCUT2D eigenvalue weighted by molar-refractivity contribution is 0.134. The predicted octanol–water partition coefficient (Wildman–Crippen LogP) is 1.84. The fourth-order valence-electron chi connectivity index (χ4n) is 2.47. The SMILES string of the molecule is CCCn1c(CN)nnc1-c1ccc2c(c1)COC2. The monoisotopic (exact) mass is 258 g/mol. The van der Waals surface area contributed by atoms with Crippen molar-refractivity contribution in [3.63, 3.8) is 0 Å². The number of rotatable bonds is 4. The van der Waals surface area contributed by atoms with Crippen LogP contribution in [0.25, 0.3) is 11.4 Å². The maximum absolute atomic E-state index is 5.72. The number of hydrogen-bond donors (Lipinski definition) is 1. The molecule has 0 aliphatic carbocycles. The summed E-state index contributed by atoms with van der Waals surface area (Å²) < 4.78 is 7.56. The van der Waals surface area contributed by atoms with Gasteiger partial charge in [0.2, 0.25) is 0 Å². The molecule has 0 spiro atoms. The number of hydrogen-bond acceptors (Lipinski definition) is 4. The second-order valence-electron chi connectivity index (χ2n) is 4.77. The van der Waals surface area contributed by atoms with E-state index in [-0.39, 0.29) is 0 Å². The number of nitrogens with zero attached hydrogens (tertiary/aromatic N) is 3. The van der Waals surface area contributed by atoms with Crippen molar-refractivity contribution in [2.24, 2.45) is 5.73 Å². The average molecular weight is 258 g/mol. The lowest BCUT2D eigenvalue weighted by Gasteiger charge is -2.09. The van der Waals surface area contributed by atoms with Gasteiger partial charge in [-0.05, 0) is 23.6 Å². The summed E-state index contributed by atoms with van der Waals surface area (Å²) in [5, 5.41) is 8.47. The van der Waals surface area contributed by atoms with Crippen molar-refractivity contribution >= 4 is 0 Å². The molecule has 1 aliphatic rings. The third-order valence-corrected chi connectivity index (χ3v) is 3.44. The van der Waals surface area contributed by atoms with Crippen molar-refractivity contribution in [2.45, 2.75) is 39.6 Å². The fourth-order valence-corrected chi connectivity index (χ4v) is 2.47. The standard InChI is InChI=1S/C14H18N4O/c1-2-5-18-13(7-15)16-17-14(18)10-3-4-11-8-19-9-12(11)6-10/h3-4,6H,2,5,7-9,15H2,1H3. The lowest BCUT2D eigenvalue weighted by atomic mass is 10.1. The Bertz CT molecular complexity index is 591. The number of fused-ring (bicyclic) bond motifs is 1. The third kappa shape index (κ3) is 2.15. The molecule has 5 heteroatoms. The van der Waals surface area contributed by atoms with E-state index in [0.29, 0.717) is 19.8 Å². The summed E-state index contributed by atoms with van der Waals surface area (Å²) in [6.07, 6.45) is 1.03. The van der Waals surface area contributed by atoms with Gasteiger partial charge >= 0.3 is 0 Å². The van der Waals surface area contributed by atoms with Crippen molar-refractivity contribution in [1.29, 1.82) is 0 Å². The van der Waals surface area contributed by atoms with Crippen molar-refractivity contribution in [1.82, 2.24) is 14.8 Å². The minimum Gasteiger partial charge on any atom is -0.372 e. The van der Waals surface area contributed by atoms with Gasteiger partial charge in [0.25, 0.3) is 0 Å². The van der Waals surface area contributed by atoms with Gasteiger partial charge in [-0.1, -0.05) is 19.1 Å². The van der Waals surface area contributed by atoms with Gasteiger partial charge in [-0.3, -0.25) is 0 Å². The Kier molecular flexibility index (Phi) is 3.31. The highest BCUT2D eigenvalue weighted by Gasteiger charge is 2.16. The molecule has 0 saturated heterocycles. The molecule has 0 fully saturated rings. The fraction of sp³-hybridized carbons (Fsp3) is 0.429. The first kappa shape index (κ1) is 12.3. The highest BCUT2D eigenvalue weighted by Crippen LogP contribution is 2.26. The topological polar surface area (TPSA) is 66.0 Å². The van der Waals surface area contributed by atoms with Gasteiger partial charge in [-0.25, -0.2) is 0 Å². The summed E-state index contributed by atoms with van der Waals surface area (Å²) in [5.41, 5.74) is 9.32. The second kappa shape index (κ2) is 5.11. The zero-order chi connectivity index (χ0) is 13.2. The van der Waals surface area contributed by atoms with Gasteiger partial charge in [0.15, 0.2) is 5.82 Å². The normalized spacial score (nSPS) is 13.8. The van der Waals surface area contributed by atoms with E-state index in [4.69, 9.17) is 10.5 Å². The van der Waals surface area contributed by atoms with Crippen LogP contribution < -0.4 is 5.73 Å². The molecule has 0 atom stereocenters. The number of aromatic nitrogens is 3. The van der Waals surface area contributed by atoms with Crippen LogP contribution in [0.5, 0.6) is 0 Å². The number of ether oxygens (including phenoxy) is 1. The molecule has 0 saturated carbocycles. The first-order valence-electron chi connectivity index (χ1n) is 6.65. The van der Waals surface area contributed by atoms with Crippen molar-refractivity contribution in [2.75, 3.05) is 0 Å². The third-order valence-electron chi connectivity index (χ3n) is 3.44. The Hall–Kier alpha value is -1.72. The zero-order valence-corrected chi connectivity index (χ0v) is 11.1. The molecule has 2 N–H and O–H groups in total. The molecule has 19 heavy (non-hydrogen) atoms. The molecule has 3 rings (SSSR count). The summed E-state index contributed by atoms with van der Waals surface area (Å²) in [5.74, 6) is 1.74. The number of benzene rings is 1. The molecule has 0 bridgehead atoms. The van der Waals surface area contributed by atoms with Crippen LogP contribution in [0.15, 0.2) is 18.2 Å². The number of nitrogens with two attached hydrogens (primary N) is 1. The molecule has 0 radical (unpaired) electrons. The summed E-state index contributed by atoms with van der Waals surface area (Å²) in [4.78, 5) is 0. The van der Waals surface area contributed by atoms with E-state index in [9.17, 15) is 0 Å². The van der Waals surface area contributed by atoms with E-state index in [1.54, 1.807) is 0 Å². The predicted molar refractivity (Wildman–Crippen MR) is 72.1 cm³/mol. The lowest BCUT2D eigenvalue weighted by Crippen LogP contribution is -2.09. The summed E-state index contributed by atoms with van der Waals surface area (Å²) >= 11 is 0. The van der Waals surface area contributed by atoms with Crippen LogP contribution in [0.2, 0.25) is 0 Å². The maximum atomic E-state index is 5.72. The van der Waals surface area contributed by atoms with E-state index in [1.807, 2.05) is 0 Å². The van der Waals surface area contributed by atoms with Gasteiger partial charge in [-0.2, -0.15) is 0 Å². The molecule has 2 heterocycles. The van der Waals surface area contributed by atoms with Gasteiger partial charge in [0, 0.05) is 12.1 Å². The molecule has 0 amide bonds. The molecule has 2 aromatic rings. The molecule has 5 nitrogen and oxygen atoms in total. The molecule has 1 aliphatic heterocycles. The Balaban J connectivity index is 2.04. The van der Waals surface area contributed by atoms with Gasteiger partial charge < -0.3 is 15.0 Å². The van der Waals surface area contributed by atoms with Crippen LogP contribution in [0.4, 0.5) is 0 Å². The molecular formula is C14H18N4O. The summed E-state index contributed by atoms with van der Waals surface area (Å²) in [7, 11) is 0. The minimum atomic E-state index is 0.418. The van der Waals surface area contributed by atoms with E-state index in [2.05, 4.69) is 39.9 Å². The van der Waals surface area contributed by atoms with Crippen LogP contribution in [0.3, 0.4) is 0 Å². The van der Waals surface area contributed by atoms with Crippen molar-refractivity contribution in [3.8, 4) is 11.4 Å². The molecule has 1 aromatic carbocycles. The van der Waals surface area contributed by atoms with E-state index in [0.717, 1.165) is 30.2 Å². The van der Waals surface area contributed by atoms with E-state index in [1.165, 1.54) is 11.1 Å². The smallest absolute Gasteiger partial charge is 0.164 e.